The van der Waals surface area contributed by atoms with Crippen LogP contribution in [0.4, 0.5) is 0 Å². The minimum atomic E-state index is -1.46. The SMILES string of the molecule is CC(OP(OC(C)C(Br)Br)OC(C)C(Br)Br)C(Br)Br. The molecule has 0 aromatic heterocycles. The summed E-state index contributed by atoms with van der Waals surface area (Å²) in [5.41, 5.74) is 0. The van der Waals surface area contributed by atoms with Gasteiger partial charge in [0.2, 0.25) is 0 Å². The molecule has 10 heteroatoms. The lowest BCUT2D eigenvalue weighted by Crippen LogP contribution is -2.22. The first-order chi connectivity index (χ1) is 8.65. The maximum absolute atomic E-state index is 5.80. The van der Waals surface area contributed by atoms with Gasteiger partial charge in [0.25, 0.3) is 0 Å². The number of hydrogen-bond donors (Lipinski definition) is 0. The van der Waals surface area contributed by atoms with E-state index >= 15 is 0 Å². The van der Waals surface area contributed by atoms with Gasteiger partial charge >= 0.3 is 8.60 Å². The van der Waals surface area contributed by atoms with Gasteiger partial charge in [-0.25, -0.2) is 0 Å². The third-order valence-corrected chi connectivity index (χ3v) is 7.80. The summed E-state index contributed by atoms with van der Waals surface area (Å²) < 4.78 is 17.5. The highest BCUT2D eigenvalue weighted by atomic mass is 79.9. The Morgan fingerprint density at radius 1 is 0.579 bits per heavy atom. The third kappa shape index (κ3) is 10.6. The molecule has 0 heterocycles. The number of rotatable bonds is 9. The fourth-order valence-electron chi connectivity index (χ4n) is 0.620. The van der Waals surface area contributed by atoms with Gasteiger partial charge in [-0.05, 0) is 20.8 Å². The largest absolute Gasteiger partial charge is 0.333 e. The molecule has 3 atom stereocenters. The van der Waals surface area contributed by atoms with Crippen molar-refractivity contribution in [1.29, 1.82) is 0 Å². The fraction of sp³-hybridized carbons (Fsp3) is 1.00. The van der Waals surface area contributed by atoms with Crippen LogP contribution < -0.4 is 0 Å². The summed E-state index contributed by atoms with van der Waals surface area (Å²) in [6, 6.07) is 0. The van der Waals surface area contributed by atoms with E-state index in [1.165, 1.54) is 0 Å². The molecule has 0 bridgehead atoms. The van der Waals surface area contributed by atoms with Crippen LogP contribution >= 0.6 is 104 Å². The van der Waals surface area contributed by atoms with Crippen LogP contribution in [-0.4, -0.2) is 29.5 Å². The maximum atomic E-state index is 5.80. The Labute approximate surface area is 166 Å². The second-order valence-electron chi connectivity index (χ2n) is 3.66. The van der Waals surface area contributed by atoms with Gasteiger partial charge in [0.1, 0.15) is 0 Å². The van der Waals surface area contributed by atoms with Crippen molar-refractivity contribution in [3.63, 3.8) is 0 Å². The van der Waals surface area contributed by atoms with Crippen LogP contribution in [-0.2, 0) is 13.6 Å². The summed E-state index contributed by atoms with van der Waals surface area (Å²) in [4.78, 5) is 0. The Kier molecular flexibility index (Phi) is 13.6. The van der Waals surface area contributed by atoms with Crippen molar-refractivity contribution in [3.05, 3.63) is 0 Å². The average molecular weight is 682 g/mol. The predicted octanol–water partition coefficient (Wildman–Crippen LogP) is 6.78. The molecule has 0 aromatic carbocycles. The Morgan fingerprint density at radius 2 is 0.789 bits per heavy atom. The highest BCUT2D eigenvalue weighted by Crippen LogP contribution is 2.47. The molecule has 0 aliphatic rings. The molecule has 0 saturated carbocycles. The smallest absolute Gasteiger partial charge is 0.307 e. The quantitative estimate of drug-likeness (QED) is 0.199. The van der Waals surface area contributed by atoms with Crippen molar-refractivity contribution < 1.29 is 13.6 Å². The Bertz CT molecular complexity index is 208. The minimum Gasteiger partial charge on any atom is -0.307 e. The van der Waals surface area contributed by atoms with E-state index in [0.29, 0.717) is 0 Å². The van der Waals surface area contributed by atoms with Gasteiger partial charge in [0.05, 0.1) is 29.5 Å². The molecule has 0 amide bonds. The fourth-order valence-corrected chi connectivity index (χ4v) is 3.60. The van der Waals surface area contributed by atoms with Crippen molar-refractivity contribution in [1.82, 2.24) is 0 Å². The van der Waals surface area contributed by atoms with E-state index in [4.69, 9.17) is 13.6 Å². The molecule has 0 spiro atoms. The first-order valence-corrected chi connectivity index (χ1v) is 11.9. The van der Waals surface area contributed by atoms with Crippen LogP contribution in [0.3, 0.4) is 0 Å². The van der Waals surface area contributed by atoms with Crippen molar-refractivity contribution in [3.8, 4) is 0 Å². The summed E-state index contributed by atoms with van der Waals surface area (Å²) in [6.07, 6.45) is -0.254. The molecule has 0 aromatic rings. The van der Waals surface area contributed by atoms with Crippen LogP contribution in [0.25, 0.3) is 0 Å². The monoisotopic (exact) mass is 676 g/mol. The first kappa shape index (κ1) is 22.2. The lowest BCUT2D eigenvalue weighted by molar-refractivity contribution is 0.0944. The molecule has 0 aliphatic heterocycles. The van der Waals surface area contributed by atoms with Gasteiger partial charge in [-0.3, -0.25) is 0 Å². The van der Waals surface area contributed by atoms with Crippen LogP contribution in [0.2, 0.25) is 0 Å². The van der Waals surface area contributed by atoms with E-state index in [0.717, 1.165) is 0 Å². The van der Waals surface area contributed by atoms with E-state index in [1.807, 2.05) is 20.8 Å². The lowest BCUT2D eigenvalue weighted by atomic mass is 10.5. The van der Waals surface area contributed by atoms with E-state index in [9.17, 15) is 0 Å². The molecule has 0 saturated heterocycles. The third-order valence-electron chi connectivity index (χ3n) is 1.82. The van der Waals surface area contributed by atoms with Gasteiger partial charge in [0, 0.05) is 0 Å². The summed E-state index contributed by atoms with van der Waals surface area (Å²) in [7, 11) is -1.46. The van der Waals surface area contributed by atoms with E-state index in [2.05, 4.69) is 95.6 Å². The number of hydrogen-bond acceptors (Lipinski definition) is 3. The summed E-state index contributed by atoms with van der Waals surface area (Å²) in [6.45, 7) is 5.81. The topological polar surface area (TPSA) is 27.7 Å². The van der Waals surface area contributed by atoms with Crippen LogP contribution in [0, 0.1) is 0 Å². The highest BCUT2D eigenvalue weighted by Gasteiger charge is 2.28. The number of halogens is 6. The normalized spacial score (nSPS) is 18.9. The summed E-state index contributed by atoms with van der Waals surface area (Å²) in [5, 5.41) is 0. The van der Waals surface area contributed by atoms with Gasteiger partial charge in [-0.1, -0.05) is 95.6 Å². The molecular weight excluding hydrogens is 666 g/mol. The van der Waals surface area contributed by atoms with Crippen LogP contribution in [0.5, 0.6) is 0 Å². The maximum Gasteiger partial charge on any atom is 0.333 e. The molecular formula is C9H15Br6O3P. The highest BCUT2D eigenvalue weighted by molar-refractivity contribution is 9.25. The Balaban J connectivity index is 4.54. The zero-order chi connectivity index (χ0) is 15.2. The van der Waals surface area contributed by atoms with Crippen molar-refractivity contribution in [2.75, 3.05) is 0 Å². The van der Waals surface area contributed by atoms with Gasteiger partial charge < -0.3 is 13.6 Å². The van der Waals surface area contributed by atoms with E-state index < -0.39 is 8.60 Å². The van der Waals surface area contributed by atoms with Crippen LogP contribution in [0.15, 0.2) is 0 Å². The van der Waals surface area contributed by atoms with Crippen molar-refractivity contribution in [2.45, 2.75) is 50.3 Å². The zero-order valence-corrected chi connectivity index (χ0v) is 20.8. The molecule has 116 valence electrons. The molecule has 0 aliphatic carbocycles. The lowest BCUT2D eigenvalue weighted by Gasteiger charge is -2.27. The molecule has 3 nitrogen and oxygen atoms in total. The second kappa shape index (κ2) is 11.7. The Hall–Kier alpha value is 3.19. The van der Waals surface area contributed by atoms with Gasteiger partial charge in [0.15, 0.2) is 0 Å². The summed E-state index contributed by atoms with van der Waals surface area (Å²) in [5.74, 6) is 0. The second-order valence-corrected chi connectivity index (χ2v) is 14.3. The number of alkyl halides is 6. The molecule has 3 unspecified atom stereocenters. The van der Waals surface area contributed by atoms with Gasteiger partial charge in [-0.15, -0.1) is 0 Å². The summed E-state index contributed by atoms with van der Waals surface area (Å²) >= 11 is 20.5. The molecule has 0 fully saturated rings. The van der Waals surface area contributed by atoms with Crippen LogP contribution in [0.1, 0.15) is 20.8 Å². The van der Waals surface area contributed by atoms with Crippen molar-refractivity contribution in [2.24, 2.45) is 0 Å². The molecule has 0 N–H and O–H groups in total. The Morgan fingerprint density at radius 3 is 0.947 bits per heavy atom. The van der Waals surface area contributed by atoms with E-state index in [1.54, 1.807) is 0 Å². The molecule has 19 heavy (non-hydrogen) atoms. The molecule has 0 rings (SSSR count). The van der Waals surface area contributed by atoms with Gasteiger partial charge in [-0.2, -0.15) is 0 Å². The minimum absolute atomic E-state index is 0.0373. The average Bonchev–Trinajstić information content (AvgIpc) is 2.27. The van der Waals surface area contributed by atoms with E-state index in [-0.39, 0.29) is 29.5 Å². The molecule has 0 radical (unpaired) electrons. The first-order valence-electron chi connectivity index (χ1n) is 5.30. The predicted molar refractivity (Wildman–Crippen MR) is 103 cm³/mol. The zero-order valence-electron chi connectivity index (χ0n) is 10.4. The standard InChI is InChI=1S/C9H15Br6O3P/c1-4(7(10)11)16-19(17-5(2)8(12)13)18-6(3)9(14)15/h4-9H,1-3H3. The van der Waals surface area contributed by atoms with Crippen molar-refractivity contribution >= 4 is 104 Å².